The highest BCUT2D eigenvalue weighted by molar-refractivity contribution is 5.76. The van der Waals surface area contributed by atoms with Gasteiger partial charge in [-0.05, 0) is 44.9 Å². The van der Waals surface area contributed by atoms with E-state index in [0.717, 1.165) is 57.8 Å². The van der Waals surface area contributed by atoms with Crippen molar-refractivity contribution in [3.8, 4) is 0 Å². The second kappa shape index (κ2) is 59.2. The molecule has 2 aliphatic heterocycles. The molecule has 0 spiro atoms. The fourth-order valence-electron chi connectivity index (χ4n) is 12.7. The van der Waals surface area contributed by atoms with Gasteiger partial charge in [0, 0.05) is 6.42 Å². The molecule has 2 rings (SSSR count). The normalized spacial score (nSPS) is 23.2. The van der Waals surface area contributed by atoms with Crippen molar-refractivity contribution in [2.45, 2.75) is 421 Å². The molecule has 9 N–H and O–H groups in total. The van der Waals surface area contributed by atoms with Crippen LogP contribution < -0.4 is 5.32 Å². The van der Waals surface area contributed by atoms with Crippen LogP contribution in [0.25, 0.3) is 0 Å². The van der Waals surface area contributed by atoms with Crippen molar-refractivity contribution >= 4 is 5.91 Å². The third kappa shape index (κ3) is 42.6. The van der Waals surface area contributed by atoms with E-state index in [-0.39, 0.29) is 12.5 Å². The zero-order chi connectivity index (χ0) is 63.8. The second-order valence-corrected chi connectivity index (χ2v) is 26.8. The van der Waals surface area contributed by atoms with Crippen molar-refractivity contribution in [3.05, 3.63) is 24.3 Å². The Balaban J connectivity index is 1.59. The number of ether oxygens (including phenoxy) is 4. The van der Waals surface area contributed by atoms with Crippen LogP contribution in [0.1, 0.15) is 348 Å². The maximum Gasteiger partial charge on any atom is 0.220 e. The largest absolute Gasteiger partial charge is 0.394 e. The van der Waals surface area contributed by atoms with Crippen LogP contribution in [0.5, 0.6) is 0 Å². The molecule has 12 atom stereocenters. The highest BCUT2D eigenvalue weighted by Gasteiger charge is 2.51. The highest BCUT2D eigenvalue weighted by atomic mass is 16.7. The van der Waals surface area contributed by atoms with E-state index < -0.39 is 86.8 Å². The molecule has 0 aromatic carbocycles. The maximum absolute atomic E-state index is 13.4. The van der Waals surface area contributed by atoms with Gasteiger partial charge >= 0.3 is 0 Å². The summed E-state index contributed by atoms with van der Waals surface area (Å²) >= 11 is 0. The topological polar surface area (TPSA) is 228 Å². The molecule has 12 unspecified atom stereocenters. The number of aliphatic hydroxyl groups is 8. The third-order valence-electron chi connectivity index (χ3n) is 18.7. The number of hydrogen-bond acceptors (Lipinski definition) is 13. The van der Waals surface area contributed by atoms with Gasteiger partial charge in [0.05, 0.1) is 32.0 Å². The van der Waals surface area contributed by atoms with Gasteiger partial charge in [0.15, 0.2) is 12.6 Å². The zero-order valence-corrected chi connectivity index (χ0v) is 56.7. The predicted molar refractivity (Wildman–Crippen MR) is 360 cm³/mol. The first-order valence-corrected chi connectivity index (χ1v) is 37.6. The van der Waals surface area contributed by atoms with Gasteiger partial charge in [-0.1, -0.05) is 321 Å². The Hall–Kier alpha value is -1.53. The summed E-state index contributed by atoms with van der Waals surface area (Å²) in [6.45, 7) is 2.91. The number of allylic oxidation sites excluding steroid dienone is 4. The molecule has 14 nitrogen and oxygen atoms in total. The summed E-state index contributed by atoms with van der Waals surface area (Å²) in [5.74, 6) is -0.198. The molecule has 0 aromatic rings. The minimum Gasteiger partial charge on any atom is -0.394 e. The van der Waals surface area contributed by atoms with Crippen molar-refractivity contribution in [1.82, 2.24) is 5.32 Å². The molecule has 0 saturated carbocycles. The smallest absolute Gasteiger partial charge is 0.220 e. The van der Waals surface area contributed by atoms with Gasteiger partial charge in [-0.15, -0.1) is 0 Å². The van der Waals surface area contributed by atoms with Crippen LogP contribution >= 0.6 is 0 Å². The van der Waals surface area contributed by atoms with Crippen molar-refractivity contribution in [2.24, 2.45) is 0 Å². The SMILES string of the molecule is CCCCCCC/C=C\C/C=C\CCCCCCCCCCCCCCCCCCCCCCCCCC(=O)NC(COC1OC(CO)C(OC2OC(CO)C(O)C(O)C2O)C(O)C1O)C(O)CCCCCCCCCCCCCCCCCCCCC. The summed E-state index contributed by atoms with van der Waals surface area (Å²) in [5.41, 5.74) is 0. The molecule has 1 amide bonds. The minimum atomic E-state index is -1.78. The van der Waals surface area contributed by atoms with E-state index in [0.29, 0.717) is 12.8 Å². The van der Waals surface area contributed by atoms with E-state index >= 15 is 0 Å². The number of carbonyl (C=O) groups is 1. The van der Waals surface area contributed by atoms with Crippen LogP contribution in [0.4, 0.5) is 0 Å². The first-order chi connectivity index (χ1) is 43.1. The van der Waals surface area contributed by atoms with Gasteiger partial charge in [-0.25, -0.2) is 0 Å². The predicted octanol–water partition coefficient (Wildman–Crippen LogP) is 15.9. The quantitative estimate of drug-likeness (QED) is 0.0204. The van der Waals surface area contributed by atoms with Crippen molar-refractivity contribution < 1.29 is 64.6 Å². The molecule has 0 bridgehead atoms. The fraction of sp³-hybridized carbons (Fsp3) is 0.932. The van der Waals surface area contributed by atoms with E-state index in [1.54, 1.807) is 0 Å². The lowest BCUT2D eigenvalue weighted by atomic mass is 9.97. The molecule has 520 valence electrons. The molecule has 2 aliphatic rings. The van der Waals surface area contributed by atoms with Crippen LogP contribution in [-0.4, -0.2) is 140 Å². The number of amides is 1. The number of unbranched alkanes of at least 4 members (excludes halogenated alkanes) is 46. The van der Waals surface area contributed by atoms with Crippen molar-refractivity contribution in [2.75, 3.05) is 19.8 Å². The molecule has 14 heteroatoms. The summed E-state index contributed by atoms with van der Waals surface area (Å²) < 4.78 is 22.9. The minimum absolute atomic E-state index is 0.198. The summed E-state index contributed by atoms with van der Waals surface area (Å²) in [4.78, 5) is 13.4. The van der Waals surface area contributed by atoms with E-state index in [4.69, 9.17) is 18.9 Å². The van der Waals surface area contributed by atoms with Crippen LogP contribution in [0.2, 0.25) is 0 Å². The van der Waals surface area contributed by atoms with Gasteiger partial charge < -0.3 is 65.1 Å². The molecule has 0 radical (unpaired) electrons. The maximum atomic E-state index is 13.4. The molecule has 2 heterocycles. The van der Waals surface area contributed by atoms with Crippen LogP contribution in [-0.2, 0) is 23.7 Å². The first kappa shape index (κ1) is 82.6. The molecule has 0 aliphatic carbocycles. The second-order valence-electron chi connectivity index (χ2n) is 26.8. The standard InChI is InChI=1S/C74H141NO13/c1-3-5-7-9-11-13-15-17-19-21-23-24-25-26-27-28-29-30-31-32-33-34-35-36-37-38-40-42-44-46-48-50-52-54-56-58-66(79)75-62(63(78)57-55-53-51-49-47-45-43-41-39-22-20-18-16-14-12-10-8-6-4-2)61-85-73-71(84)69(82)72(65(60-77)87-73)88-74-70(83)68(81)67(80)64(59-76)86-74/h15,17,21,23,62-65,67-74,76-78,80-84H,3-14,16,18-20,22,24-61H2,1-2H3,(H,75,79)/b17-15-,23-21-. The first-order valence-electron chi connectivity index (χ1n) is 37.6. The highest BCUT2D eigenvalue weighted by Crippen LogP contribution is 2.30. The Bertz CT molecular complexity index is 1570. The van der Waals surface area contributed by atoms with E-state index in [1.807, 2.05) is 0 Å². The van der Waals surface area contributed by atoms with Crippen LogP contribution in [0.15, 0.2) is 24.3 Å². The van der Waals surface area contributed by atoms with Crippen molar-refractivity contribution in [3.63, 3.8) is 0 Å². The lowest BCUT2D eigenvalue weighted by Gasteiger charge is -2.46. The van der Waals surface area contributed by atoms with E-state index in [9.17, 15) is 45.6 Å². The lowest BCUT2D eigenvalue weighted by molar-refractivity contribution is -0.359. The Kier molecular flexibility index (Phi) is 55.6. The number of nitrogens with one attached hydrogen (secondary N) is 1. The molecule has 2 saturated heterocycles. The molecule has 0 aromatic heterocycles. The summed E-state index contributed by atoms with van der Waals surface area (Å²) in [6, 6.07) is -0.826. The lowest BCUT2D eigenvalue weighted by Crippen LogP contribution is -2.65. The Labute approximate surface area is 539 Å². The van der Waals surface area contributed by atoms with E-state index in [2.05, 4.69) is 43.5 Å². The molecular formula is C74H141NO13. The number of hydrogen-bond donors (Lipinski definition) is 9. The van der Waals surface area contributed by atoms with Gasteiger partial charge in [0.25, 0.3) is 0 Å². The number of carbonyl (C=O) groups excluding carboxylic acids is 1. The third-order valence-corrected chi connectivity index (χ3v) is 18.7. The van der Waals surface area contributed by atoms with Crippen LogP contribution in [0.3, 0.4) is 0 Å². The Morgan fingerprint density at radius 1 is 0.409 bits per heavy atom. The monoisotopic (exact) mass is 1250 g/mol. The molecule has 2 fully saturated rings. The molecule has 88 heavy (non-hydrogen) atoms. The number of rotatable bonds is 63. The average Bonchev–Trinajstić information content (AvgIpc) is 1.84. The zero-order valence-electron chi connectivity index (χ0n) is 56.7. The Morgan fingerprint density at radius 2 is 0.750 bits per heavy atom. The number of aliphatic hydroxyl groups excluding tert-OH is 8. The van der Waals surface area contributed by atoms with Crippen LogP contribution in [0, 0.1) is 0 Å². The summed E-state index contributed by atoms with van der Waals surface area (Å²) in [5, 5.41) is 87.7. The van der Waals surface area contributed by atoms with Gasteiger partial charge in [-0.3, -0.25) is 4.79 Å². The van der Waals surface area contributed by atoms with Gasteiger partial charge in [0.2, 0.25) is 5.91 Å². The van der Waals surface area contributed by atoms with Gasteiger partial charge in [-0.2, -0.15) is 0 Å². The summed E-state index contributed by atoms with van der Waals surface area (Å²) in [7, 11) is 0. The fourth-order valence-corrected chi connectivity index (χ4v) is 12.7. The molecular weight excluding hydrogens is 1110 g/mol. The average molecular weight is 1250 g/mol. The van der Waals surface area contributed by atoms with Gasteiger partial charge in [0.1, 0.15) is 48.8 Å². The van der Waals surface area contributed by atoms with E-state index in [1.165, 1.54) is 263 Å². The van der Waals surface area contributed by atoms with Crippen molar-refractivity contribution in [1.29, 1.82) is 0 Å². The Morgan fingerprint density at radius 3 is 1.14 bits per heavy atom. The summed E-state index contributed by atoms with van der Waals surface area (Å²) in [6.07, 6.45) is 57.8.